The molecular formula is C22H31N3O4. The highest BCUT2D eigenvalue weighted by Crippen LogP contribution is 2.57. The second-order valence-corrected chi connectivity index (χ2v) is 10.4. The van der Waals surface area contributed by atoms with Crippen molar-refractivity contribution in [1.82, 2.24) is 15.5 Å². The minimum atomic E-state index is -1.03. The van der Waals surface area contributed by atoms with Crippen LogP contribution in [0.4, 0.5) is 0 Å². The van der Waals surface area contributed by atoms with Crippen LogP contribution in [0, 0.1) is 11.8 Å². The van der Waals surface area contributed by atoms with Crippen LogP contribution in [-0.2, 0) is 19.1 Å². The molecule has 0 aromatic rings. The summed E-state index contributed by atoms with van der Waals surface area (Å²) in [6, 6.07) is -0.442. The third kappa shape index (κ3) is 2.92. The number of hydrogen-bond donors (Lipinski definition) is 2. The van der Waals surface area contributed by atoms with Crippen molar-refractivity contribution in [3.05, 3.63) is 12.2 Å². The Morgan fingerprint density at radius 3 is 2.45 bits per heavy atom. The summed E-state index contributed by atoms with van der Waals surface area (Å²) >= 11 is 0. The predicted molar refractivity (Wildman–Crippen MR) is 106 cm³/mol. The number of nitrogens with zero attached hydrogens (tertiary/aromatic N) is 1. The Morgan fingerprint density at radius 2 is 1.83 bits per heavy atom. The van der Waals surface area contributed by atoms with Crippen LogP contribution in [0.2, 0.25) is 0 Å². The molecule has 7 heteroatoms. The first kappa shape index (κ1) is 19.1. The smallest absolute Gasteiger partial charge is 0.246 e. The summed E-state index contributed by atoms with van der Waals surface area (Å²) in [4.78, 5) is 41.8. The van der Waals surface area contributed by atoms with Crippen LogP contribution < -0.4 is 10.6 Å². The molecule has 3 aliphatic heterocycles. The number of likely N-dealkylation sites (tertiary alicyclic amines) is 1. The minimum absolute atomic E-state index is 0.0767. The van der Waals surface area contributed by atoms with Gasteiger partial charge < -0.3 is 20.3 Å². The van der Waals surface area contributed by atoms with Crippen molar-refractivity contribution >= 4 is 17.7 Å². The Morgan fingerprint density at radius 1 is 1.14 bits per heavy atom. The lowest BCUT2D eigenvalue weighted by molar-refractivity contribution is -0.143. The van der Waals surface area contributed by atoms with Crippen LogP contribution in [0.3, 0.4) is 0 Å². The maximum absolute atomic E-state index is 13.5. The van der Waals surface area contributed by atoms with E-state index in [1.165, 1.54) is 0 Å². The van der Waals surface area contributed by atoms with Gasteiger partial charge in [0.2, 0.25) is 17.7 Å². The Labute approximate surface area is 171 Å². The Hall–Kier alpha value is -1.89. The molecule has 2 aliphatic carbocycles. The molecule has 2 N–H and O–H groups in total. The van der Waals surface area contributed by atoms with Crippen molar-refractivity contribution in [2.75, 3.05) is 0 Å². The number of amides is 3. The first-order chi connectivity index (χ1) is 13.7. The molecule has 2 bridgehead atoms. The zero-order chi connectivity index (χ0) is 20.6. The van der Waals surface area contributed by atoms with Gasteiger partial charge in [0.25, 0.3) is 0 Å². The molecule has 3 heterocycles. The van der Waals surface area contributed by atoms with Crippen LogP contribution in [0.25, 0.3) is 0 Å². The van der Waals surface area contributed by atoms with Gasteiger partial charge in [-0.2, -0.15) is 0 Å². The van der Waals surface area contributed by atoms with E-state index in [0.717, 1.165) is 38.5 Å². The lowest BCUT2D eigenvalue weighted by Gasteiger charge is -2.34. The Balaban J connectivity index is 1.46. The predicted octanol–water partition coefficient (Wildman–Crippen LogP) is 1.27. The van der Waals surface area contributed by atoms with E-state index in [1.807, 2.05) is 32.9 Å². The summed E-state index contributed by atoms with van der Waals surface area (Å²) in [5, 5.41) is 6.19. The van der Waals surface area contributed by atoms with E-state index >= 15 is 0 Å². The fourth-order valence-electron chi connectivity index (χ4n) is 5.76. The maximum atomic E-state index is 13.5. The van der Waals surface area contributed by atoms with E-state index in [0.29, 0.717) is 0 Å². The average molecular weight is 402 g/mol. The summed E-state index contributed by atoms with van der Waals surface area (Å²) in [7, 11) is 0. The molecule has 2 saturated heterocycles. The molecule has 1 spiro atoms. The molecule has 5 aliphatic rings. The van der Waals surface area contributed by atoms with E-state index in [9.17, 15) is 14.4 Å². The lowest BCUT2D eigenvalue weighted by atomic mass is 9.74. The average Bonchev–Trinajstić information content (AvgIpc) is 2.99. The topological polar surface area (TPSA) is 87.7 Å². The van der Waals surface area contributed by atoms with E-state index in [1.54, 1.807) is 4.90 Å². The standard InChI is InChI=1S/C22H31N3O4/c1-21(2,3)24-19(27)17-22-11-10-14(29-22)15(18(26)23-12-6-4-5-7-12)16(22)20(28)25(17)13-8-9-13/h10-17H,4-9H2,1-3H3,(H,23,26)(H,24,27)/t14-,15+,16+,17+,22+/m1/s1. The molecular weight excluding hydrogens is 370 g/mol. The van der Waals surface area contributed by atoms with Gasteiger partial charge in [-0.25, -0.2) is 0 Å². The number of fused-ring (bicyclic) bond motifs is 1. The summed E-state index contributed by atoms with van der Waals surface area (Å²) in [6.45, 7) is 5.79. The van der Waals surface area contributed by atoms with E-state index in [-0.39, 0.29) is 29.8 Å². The van der Waals surface area contributed by atoms with Crippen LogP contribution in [0.5, 0.6) is 0 Å². The van der Waals surface area contributed by atoms with Gasteiger partial charge in [-0.3, -0.25) is 14.4 Å². The SMILES string of the molecule is CC(C)(C)NC(=O)[C@@H]1N(C2CC2)C(=O)[C@@H]2[C@@H](C(=O)NC3CCCC3)[C@H]3C=C[C@]21O3. The van der Waals surface area contributed by atoms with Gasteiger partial charge in [-0.15, -0.1) is 0 Å². The summed E-state index contributed by atoms with van der Waals surface area (Å²) in [6.07, 6.45) is 9.39. The van der Waals surface area contributed by atoms with Gasteiger partial charge in [-0.1, -0.05) is 25.0 Å². The van der Waals surface area contributed by atoms with Gasteiger partial charge in [0.1, 0.15) is 11.6 Å². The van der Waals surface area contributed by atoms with E-state index in [2.05, 4.69) is 10.6 Å². The number of ether oxygens (including phenoxy) is 1. The molecule has 0 radical (unpaired) electrons. The molecule has 7 nitrogen and oxygen atoms in total. The number of carbonyl (C=O) groups is 3. The van der Waals surface area contributed by atoms with Crippen LogP contribution in [0.1, 0.15) is 59.3 Å². The lowest BCUT2D eigenvalue weighted by Crippen LogP contribution is -2.58. The zero-order valence-corrected chi connectivity index (χ0v) is 17.4. The molecule has 5 rings (SSSR count). The highest BCUT2D eigenvalue weighted by Gasteiger charge is 2.74. The third-order valence-electron chi connectivity index (χ3n) is 7.00. The number of hydrogen-bond acceptors (Lipinski definition) is 4. The summed E-state index contributed by atoms with van der Waals surface area (Å²) in [5.41, 5.74) is -1.44. The molecule has 158 valence electrons. The summed E-state index contributed by atoms with van der Waals surface area (Å²) < 4.78 is 6.31. The monoisotopic (exact) mass is 401 g/mol. The van der Waals surface area contributed by atoms with Gasteiger partial charge in [-0.05, 0) is 46.5 Å². The second kappa shape index (κ2) is 6.30. The van der Waals surface area contributed by atoms with Gasteiger partial charge in [0.15, 0.2) is 0 Å². The van der Waals surface area contributed by atoms with Gasteiger partial charge >= 0.3 is 0 Å². The Kier molecular flexibility index (Phi) is 4.15. The van der Waals surface area contributed by atoms with Crippen LogP contribution >= 0.6 is 0 Å². The van der Waals surface area contributed by atoms with E-state index < -0.39 is 35.1 Å². The van der Waals surface area contributed by atoms with Crippen molar-refractivity contribution in [2.45, 2.75) is 94.7 Å². The number of carbonyl (C=O) groups excluding carboxylic acids is 3. The highest BCUT2D eigenvalue weighted by atomic mass is 16.5. The number of rotatable bonds is 4. The molecule has 2 saturated carbocycles. The molecule has 0 aromatic carbocycles. The number of nitrogens with one attached hydrogen (secondary N) is 2. The largest absolute Gasteiger partial charge is 0.359 e. The second-order valence-electron chi connectivity index (χ2n) is 10.4. The van der Waals surface area contributed by atoms with Crippen molar-refractivity contribution in [2.24, 2.45) is 11.8 Å². The minimum Gasteiger partial charge on any atom is -0.359 e. The van der Waals surface area contributed by atoms with Crippen molar-refractivity contribution in [3.8, 4) is 0 Å². The first-order valence-corrected chi connectivity index (χ1v) is 11.0. The fraction of sp³-hybridized carbons (Fsp3) is 0.773. The van der Waals surface area contributed by atoms with Gasteiger partial charge in [0, 0.05) is 17.6 Å². The molecule has 29 heavy (non-hydrogen) atoms. The fourth-order valence-corrected chi connectivity index (χ4v) is 5.76. The molecule has 4 fully saturated rings. The molecule has 0 aromatic heterocycles. The van der Waals surface area contributed by atoms with Crippen molar-refractivity contribution in [3.63, 3.8) is 0 Å². The summed E-state index contributed by atoms with van der Waals surface area (Å²) in [5.74, 6) is -1.56. The Bertz CT molecular complexity index is 777. The van der Waals surface area contributed by atoms with Crippen molar-refractivity contribution < 1.29 is 19.1 Å². The van der Waals surface area contributed by atoms with Crippen molar-refractivity contribution in [1.29, 1.82) is 0 Å². The maximum Gasteiger partial charge on any atom is 0.246 e. The molecule has 3 amide bonds. The highest BCUT2D eigenvalue weighted by molar-refractivity contribution is 6.00. The van der Waals surface area contributed by atoms with Crippen LogP contribution in [0.15, 0.2) is 12.2 Å². The normalized spacial score (nSPS) is 38.6. The first-order valence-electron chi connectivity index (χ1n) is 11.0. The molecule has 5 atom stereocenters. The third-order valence-corrected chi connectivity index (χ3v) is 7.00. The van der Waals surface area contributed by atoms with Gasteiger partial charge in [0.05, 0.1) is 17.9 Å². The van der Waals surface area contributed by atoms with Crippen LogP contribution in [-0.4, -0.2) is 58.0 Å². The quantitative estimate of drug-likeness (QED) is 0.695. The van der Waals surface area contributed by atoms with E-state index in [4.69, 9.17) is 4.74 Å². The molecule has 0 unspecified atom stereocenters. The zero-order valence-electron chi connectivity index (χ0n) is 17.4.